The molecule has 0 saturated carbocycles. The van der Waals surface area contributed by atoms with E-state index in [1.165, 1.54) is 37.2 Å². The number of aromatic hydroxyl groups is 1. The summed E-state index contributed by atoms with van der Waals surface area (Å²) in [7, 11) is 0. The lowest BCUT2D eigenvalue weighted by Crippen LogP contribution is -2.40. The van der Waals surface area contributed by atoms with Gasteiger partial charge in [0.15, 0.2) is 0 Å². The predicted molar refractivity (Wildman–Crippen MR) is 84.1 cm³/mol. The van der Waals surface area contributed by atoms with Crippen LogP contribution in [0.3, 0.4) is 0 Å². The number of phenols is 1. The zero-order chi connectivity index (χ0) is 13.7. The first-order valence-electron chi connectivity index (χ1n) is 7.23. The van der Waals surface area contributed by atoms with Crippen LogP contribution >= 0.6 is 11.8 Å². The minimum Gasteiger partial charge on any atom is -0.508 e. The van der Waals surface area contributed by atoms with Gasteiger partial charge >= 0.3 is 0 Å². The van der Waals surface area contributed by atoms with Crippen LogP contribution in [0.1, 0.15) is 31.2 Å². The van der Waals surface area contributed by atoms with E-state index in [2.05, 4.69) is 24.1 Å². The highest BCUT2D eigenvalue weighted by molar-refractivity contribution is 7.98. The Morgan fingerprint density at radius 3 is 2.89 bits per heavy atom. The highest BCUT2D eigenvalue weighted by atomic mass is 32.2. The molecule has 0 bridgehead atoms. The van der Waals surface area contributed by atoms with Crippen molar-refractivity contribution < 1.29 is 5.11 Å². The van der Waals surface area contributed by atoms with Crippen molar-refractivity contribution in [3.63, 3.8) is 0 Å². The van der Waals surface area contributed by atoms with Gasteiger partial charge in [-0.05, 0) is 60.9 Å². The Morgan fingerprint density at radius 1 is 1.37 bits per heavy atom. The predicted octanol–water partition coefficient (Wildman–Crippen LogP) is 3.57. The molecule has 2 atom stereocenters. The number of rotatable bonds is 5. The van der Waals surface area contributed by atoms with Crippen LogP contribution in [0.25, 0.3) is 0 Å². The van der Waals surface area contributed by atoms with Crippen molar-refractivity contribution in [1.29, 1.82) is 0 Å². The first kappa shape index (κ1) is 14.7. The van der Waals surface area contributed by atoms with Crippen LogP contribution < -0.4 is 0 Å². The molecular weight excluding hydrogens is 254 g/mol. The van der Waals surface area contributed by atoms with Crippen molar-refractivity contribution in [2.45, 2.75) is 25.7 Å². The summed E-state index contributed by atoms with van der Waals surface area (Å²) in [5, 5.41) is 9.66. The lowest BCUT2D eigenvalue weighted by molar-refractivity contribution is 0.166. The smallest absolute Gasteiger partial charge is 0.115 e. The molecule has 2 rings (SSSR count). The largest absolute Gasteiger partial charge is 0.508 e. The average Bonchev–Trinajstić information content (AvgIpc) is 2.39. The summed E-state index contributed by atoms with van der Waals surface area (Å²) in [5.74, 6) is 2.99. The van der Waals surface area contributed by atoms with Gasteiger partial charge in [-0.3, -0.25) is 0 Å². The van der Waals surface area contributed by atoms with Crippen molar-refractivity contribution in [3.05, 3.63) is 29.8 Å². The third-order valence-corrected chi connectivity index (χ3v) is 4.70. The maximum Gasteiger partial charge on any atom is 0.115 e. The van der Waals surface area contributed by atoms with Gasteiger partial charge in [0.25, 0.3) is 0 Å². The number of likely N-dealkylation sites (tertiary alicyclic amines) is 1. The number of phenolic OH excluding ortho intramolecular Hbond substituents is 1. The molecule has 3 heteroatoms. The summed E-state index contributed by atoms with van der Waals surface area (Å²) >= 11 is 1.95. The maximum absolute atomic E-state index is 9.66. The Kier molecular flexibility index (Phi) is 5.59. The fourth-order valence-electron chi connectivity index (χ4n) is 3.18. The summed E-state index contributed by atoms with van der Waals surface area (Å²) in [6.07, 6.45) is 4.67. The number of hydrogen-bond donors (Lipinski definition) is 1. The van der Waals surface area contributed by atoms with E-state index in [4.69, 9.17) is 0 Å². The van der Waals surface area contributed by atoms with E-state index in [1.54, 1.807) is 6.07 Å². The van der Waals surface area contributed by atoms with E-state index in [0.717, 1.165) is 12.5 Å². The van der Waals surface area contributed by atoms with Gasteiger partial charge in [0.2, 0.25) is 0 Å². The molecule has 0 radical (unpaired) electrons. The van der Waals surface area contributed by atoms with E-state index < -0.39 is 0 Å². The molecule has 1 aliphatic rings. The minimum atomic E-state index is 0.395. The molecule has 2 unspecified atom stereocenters. The van der Waals surface area contributed by atoms with Gasteiger partial charge in [0, 0.05) is 13.1 Å². The summed E-state index contributed by atoms with van der Waals surface area (Å²) in [6, 6.07) is 7.83. The molecule has 0 amide bonds. The lowest BCUT2D eigenvalue weighted by Gasteiger charge is -2.38. The van der Waals surface area contributed by atoms with Gasteiger partial charge in [-0.2, -0.15) is 11.8 Å². The highest BCUT2D eigenvalue weighted by Gasteiger charge is 2.27. The van der Waals surface area contributed by atoms with Crippen LogP contribution in [0.2, 0.25) is 0 Å². The van der Waals surface area contributed by atoms with Gasteiger partial charge < -0.3 is 10.0 Å². The van der Waals surface area contributed by atoms with E-state index in [1.807, 2.05) is 23.9 Å². The standard InChI is InChI=1S/C16H25NOS/c1-3-7-17-10-13(12-19-2)8-15(11-17)14-5-4-6-16(18)9-14/h4-6,9,13,15,18H,3,7-8,10-12H2,1-2H3. The monoisotopic (exact) mass is 279 g/mol. The highest BCUT2D eigenvalue weighted by Crippen LogP contribution is 2.32. The van der Waals surface area contributed by atoms with Crippen LogP contribution in [0.15, 0.2) is 24.3 Å². The SMILES string of the molecule is CCCN1CC(CSC)CC(c2cccc(O)c2)C1. The second-order valence-electron chi connectivity index (χ2n) is 5.61. The van der Waals surface area contributed by atoms with Crippen molar-refractivity contribution in [2.24, 2.45) is 5.92 Å². The summed E-state index contributed by atoms with van der Waals surface area (Å²) < 4.78 is 0. The molecule has 1 N–H and O–H groups in total. The molecule has 1 fully saturated rings. The number of hydrogen-bond acceptors (Lipinski definition) is 3. The molecule has 0 spiro atoms. The van der Waals surface area contributed by atoms with E-state index in [9.17, 15) is 5.11 Å². The van der Waals surface area contributed by atoms with Crippen molar-refractivity contribution >= 4 is 11.8 Å². The normalized spacial score (nSPS) is 24.5. The van der Waals surface area contributed by atoms with Crippen LogP contribution in [0.4, 0.5) is 0 Å². The van der Waals surface area contributed by atoms with Crippen LogP contribution in [-0.4, -0.2) is 41.6 Å². The second-order valence-corrected chi connectivity index (χ2v) is 6.52. The van der Waals surface area contributed by atoms with Gasteiger partial charge in [0.05, 0.1) is 0 Å². The fraction of sp³-hybridized carbons (Fsp3) is 0.625. The zero-order valence-corrected chi connectivity index (χ0v) is 12.8. The average molecular weight is 279 g/mol. The summed E-state index contributed by atoms with van der Waals surface area (Å²) in [5.41, 5.74) is 1.30. The zero-order valence-electron chi connectivity index (χ0n) is 12.0. The summed E-state index contributed by atoms with van der Waals surface area (Å²) in [6.45, 7) is 5.83. The van der Waals surface area contributed by atoms with E-state index >= 15 is 0 Å². The second kappa shape index (κ2) is 7.20. The lowest BCUT2D eigenvalue weighted by atomic mass is 9.85. The number of nitrogens with zero attached hydrogens (tertiary/aromatic N) is 1. The number of benzene rings is 1. The molecule has 2 nitrogen and oxygen atoms in total. The fourth-order valence-corrected chi connectivity index (χ4v) is 3.89. The molecule has 106 valence electrons. The molecule has 1 saturated heterocycles. The molecule has 0 aromatic heterocycles. The van der Waals surface area contributed by atoms with Crippen LogP contribution in [-0.2, 0) is 0 Å². The van der Waals surface area contributed by atoms with Crippen molar-refractivity contribution in [2.75, 3.05) is 31.6 Å². The first-order chi connectivity index (χ1) is 9.22. The van der Waals surface area contributed by atoms with E-state index in [-0.39, 0.29) is 0 Å². The Hall–Kier alpha value is -0.670. The topological polar surface area (TPSA) is 23.5 Å². The Morgan fingerprint density at radius 2 is 2.21 bits per heavy atom. The Balaban J connectivity index is 2.09. The number of piperidine rings is 1. The molecule has 1 aliphatic heterocycles. The van der Waals surface area contributed by atoms with Crippen LogP contribution in [0, 0.1) is 5.92 Å². The third-order valence-electron chi connectivity index (χ3n) is 3.90. The van der Waals surface area contributed by atoms with Crippen molar-refractivity contribution in [1.82, 2.24) is 4.90 Å². The third kappa shape index (κ3) is 4.15. The van der Waals surface area contributed by atoms with Gasteiger partial charge in [0.1, 0.15) is 5.75 Å². The van der Waals surface area contributed by atoms with Gasteiger partial charge in [-0.15, -0.1) is 0 Å². The first-order valence-corrected chi connectivity index (χ1v) is 8.62. The Bertz CT molecular complexity index is 382. The molecule has 1 aromatic rings. The maximum atomic E-state index is 9.66. The van der Waals surface area contributed by atoms with Crippen LogP contribution in [0.5, 0.6) is 5.75 Å². The van der Waals surface area contributed by atoms with E-state index in [0.29, 0.717) is 11.7 Å². The van der Waals surface area contributed by atoms with Gasteiger partial charge in [-0.1, -0.05) is 19.1 Å². The molecule has 0 aliphatic carbocycles. The molecule has 1 aromatic carbocycles. The van der Waals surface area contributed by atoms with Crippen molar-refractivity contribution in [3.8, 4) is 5.75 Å². The summed E-state index contributed by atoms with van der Waals surface area (Å²) in [4.78, 5) is 2.60. The molecular formula is C16H25NOS. The Labute approximate surface area is 121 Å². The number of thioether (sulfide) groups is 1. The molecule has 19 heavy (non-hydrogen) atoms. The quantitative estimate of drug-likeness (QED) is 0.891. The van der Waals surface area contributed by atoms with Gasteiger partial charge in [-0.25, -0.2) is 0 Å². The molecule has 1 heterocycles. The minimum absolute atomic E-state index is 0.395.